The van der Waals surface area contributed by atoms with Crippen LogP contribution in [0.25, 0.3) is 0 Å². The summed E-state index contributed by atoms with van der Waals surface area (Å²) in [6.45, 7) is 0. The van der Waals surface area contributed by atoms with Gasteiger partial charge >= 0.3 is 5.97 Å². The fraction of sp³-hybridized carbons (Fsp3) is 0.429. The van der Waals surface area contributed by atoms with Gasteiger partial charge in [0.15, 0.2) is 0 Å². The molecule has 2 rings (SSSR count). The van der Waals surface area contributed by atoms with E-state index in [1.807, 2.05) is 0 Å². The van der Waals surface area contributed by atoms with Crippen LogP contribution in [0.3, 0.4) is 0 Å². The summed E-state index contributed by atoms with van der Waals surface area (Å²) in [4.78, 5) is 24.8. The van der Waals surface area contributed by atoms with Crippen molar-refractivity contribution in [2.75, 3.05) is 11.9 Å². The van der Waals surface area contributed by atoms with E-state index in [1.54, 1.807) is 7.05 Å². The lowest BCUT2D eigenvalue weighted by Crippen LogP contribution is -2.36. The maximum absolute atomic E-state index is 12.8. The predicted molar refractivity (Wildman–Crippen MR) is 68.3 cm³/mol. The average molecular weight is 265 g/mol. The van der Waals surface area contributed by atoms with Gasteiger partial charge in [0.2, 0.25) is 5.91 Å². The molecule has 0 unspecified atom stereocenters. The van der Waals surface area contributed by atoms with Crippen LogP contribution >= 0.6 is 0 Å². The van der Waals surface area contributed by atoms with Gasteiger partial charge in [-0.3, -0.25) is 9.59 Å². The quantitative estimate of drug-likeness (QED) is 0.912. The summed E-state index contributed by atoms with van der Waals surface area (Å²) in [7, 11) is 1.59. The topological polar surface area (TPSA) is 57.6 Å². The number of amides is 1. The standard InChI is InChI=1S/C14H16FNO3/c1-16(10-7-5-9(15)6-8-10)13(17)11-3-2-4-12(11)14(18)19/h5-8,11-12H,2-4H2,1H3,(H,18,19)/t11-,12+/m1/s1. The zero-order valence-corrected chi connectivity index (χ0v) is 10.7. The van der Waals surface area contributed by atoms with Crippen LogP contribution in [0.2, 0.25) is 0 Å². The van der Waals surface area contributed by atoms with E-state index in [1.165, 1.54) is 29.2 Å². The molecule has 4 nitrogen and oxygen atoms in total. The third kappa shape index (κ3) is 2.75. The largest absolute Gasteiger partial charge is 0.481 e. The summed E-state index contributed by atoms with van der Waals surface area (Å²) in [6.07, 6.45) is 1.90. The zero-order chi connectivity index (χ0) is 14.0. The number of carbonyl (C=O) groups is 2. The molecule has 1 aliphatic rings. The number of hydrogen-bond acceptors (Lipinski definition) is 2. The van der Waals surface area contributed by atoms with Crippen molar-refractivity contribution in [1.29, 1.82) is 0 Å². The van der Waals surface area contributed by atoms with Gasteiger partial charge in [-0.25, -0.2) is 4.39 Å². The molecule has 0 bridgehead atoms. The molecule has 19 heavy (non-hydrogen) atoms. The van der Waals surface area contributed by atoms with Crippen LogP contribution in [-0.2, 0) is 9.59 Å². The molecular formula is C14H16FNO3. The highest BCUT2D eigenvalue weighted by Crippen LogP contribution is 2.34. The van der Waals surface area contributed by atoms with Gasteiger partial charge in [-0.1, -0.05) is 6.42 Å². The smallest absolute Gasteiger partial charge is 0.307 e. The second-order valence-electron chi connectivity index (χ2n) is 4.86. The summed E-state index contributed by atoms with van der Waals surface area (Å²) in [6, 6.07) is 5.58. The summed E-state index contributed by atoms with van der Waals surface area (Å²) in [5.41, 5.74) is 0.572. The molecule has 102 valence electrons. The fourth-order valence-corrected chi connectivity index (χ4v) is 2.59. The number of nitrogens with zero attached hydrogens (tertiary/aromatic N) is 1. The molecule has 1 aromatic rings. The van der Waals surface area contributed by atoms with Gasteiger partial charge in [0.1, 0.15) is 5.82 Å². The Hall–Kier alpha value is -1.91. The van der Waals surface area contributed by atoms with Crippen molar-refractivity contribution in [3.05, 3.63) is 30.1 Å². The number of hydrogen-bond donors (Lipinski definition) is 1. The predicted octanol–water partition coefficient (Wildman–Crippen LogP) is 2.29. The first-order chi connectivity index (χ1) is 9.00. The highest BCUT2D eigenvalue weighted by Gasteiger charge is 2.39. The van der Waals surface area contributed by atoms with Gasteiger partial charge in [-0.2, -0.15) is 0 Å². The van der Waals surface area contributed by atoms with E-state index in [0.717, 1.165) is 6.42 Å². The molecule has 0 spiro atoms. The van der Waals surface area contributed by atoms with Gasteiger partial charge < -0.3 is 10.0 Å². The first-order valence-corrected chi connectivity index (χ1v) is 6.26. The van der Waals surface area contributed by atoms with Crippen molar-refractivity contribution < 1.29 is 19.1 Å². The van der Waals surface area contributed by atoms with Crippen LogP contribution in [0.5, 0.6) is 0 Å². The molecule has 0 aromatic heterocycles. The van der Waals surface area contributed by atoms with Crippen molar-refractivity contribution in [3.8, 4) is 0 Å². The average Bonchev–Trinajstić information content (AvgIpc) is 2.87. The first-order valence-electron chi connectivity index (χ1n) is 6.26. The van der Waals surface area contributed by atoms with Crippen LogP contribution in [0.1, 0.15) is 19.3 Å². The highest BCUT2D eigenvalue weighted by atomic mass is 19.1. The normalized spacial score (nSPS) is 22.2. The maximum Gasteiger partial charge on any atom is 0.307 e. The Kier molecular flexibility index (Phi) is 3.83. The van der Waals surface area contributed by atoms with Crippen molar-refractivity contribution >= 4 is 17.6 Å². The van der Waals surface area contributed by atoms with E-state index >= 15 is 0 Å². The van der Waals surface area contributed by atoms with Gasteiger partial charge in [-0.15, -0.1) is 0 Å². The zero-order valence-electron chi connectivity index (χ0n) is 10.7. The molecule has 1 N–H and O–H groups in total. The Labute approximate surface area is 110 Å². The summed E-state index contributed by atoms with van der Waals surface area (Å²) in [5.74, 6) is -2.57. The SMILES string of the molecule is CN(C(=O)[C@@H]1CCC[C@@H]1C(=O)O)c1ccc(F)cc1. The Morgan fingerprint density at radius 1 is 1.21 bits per heavy atom. The molecule has 0 aliphatic heterocycles. The van der Waals surface area contributed by atoms with E-state index in [9.17, 15) is 14.0 Å². The molecule has 1 aliphatic carbocycles. The number of carboxylic acid groups (broad SMARTS) is 1. The molecule has 1 amide bonds. The van der Waals surface area contributed by atoms with Crippen molar-refractivity contribution in [2.45, 2.75) is 19.3 Å². The Balaban J connectivity index is 2.14. The number of anilines is 1. The maximum atomic E-state index is 12.8. The summed E-state index contributed by atoms with van der Waals surface area (Å²) >= 11 is 0. The van der Waals surface area contributed by atoms with E-state index in [2.05, 4.69) is 0 Å². The number of carboxylic acids is 1. The van der Waals surface area contributed by atoms with Crippen LogP contribution in [-0.4, -0.2) is 24.0 Å². The Bertz CT molecular complexity index is 486. The van der Waals surface area contributed by atoms with Crippen LogP contribution < -0.4 is 4.90 Å². The molecule has 0 radical (unpaired) electrons. The van der Waals surface area contributed by atoms with Crippen LogP contribution in [0.4, 0.5) is 10.1 Å². The fourth-order valence-electron chi connectivity index (χ4n) is 2.59. The van der Waals surface area contributed by atoms with E-state index in [4.69, 9.17) is 5.11 Å². The Morgan fingerprint density at radius 3 is 2.37 bits per heavy atom. The third-order valence-corrected chi connectivity index (χ3v) is 3.69. The van der Waals surface area contributed by atoms with Crippen LogP contribution in [0, 0.1) is 17.7 Å². The monoisotopic (exact) mass is 265 g/mol. The molecule has 2 atom stereocenters. The van der Waals surface area contributed by atoms with Crippen molar-refractivity contribution in [2.24, 2.45) is 11.8 Å². The first kappa shape index (κ1) is 13.5. The van der Waals surface area contributed by atoms with E-state index in [0.29, 0.717) is 18.5 Å². The van der Waals surface area contributed by atoms with Gasteiger partial charge in [0, 0.05) is 12.7 Å². The van der Waals surface area contributed by atoms with Crippen molar-refractivity contribution in [1.82, 2.24) is 0 Å². The minimum atomic E-state index is -0.914. The lowest BCUT2D eigenvalue weighted by Gasteiger charge is -2.23. The molecule has 1 fully saturated rings. The Morgan fingerprint density at radius 2 is 1.79 bits per heavy atom. The third-order valence-electron chi connectivity index (χ3n) is 3.69. The summed E-state index contributed by atoms with van der Waals surface area (Å²) in [5, 5.41) is 9.10. The molecule has 1 aromatic carbocycles. The number of benzene rings is 1. The minimum Gasteiger partial charge on any atom is -0.481 e. The van der Waals surface area contributed by atoms with Crippen molar-refractivity contribution in [3.63, 3.8) is 0 Å². The second-order valence-corrected chi connectivity index (χ2v) is 4.86. The van der Waals surface area contributed by atoms with Gasteiger partial charge in [0.25, 0.3) is 0 Å². The van der Waals surface area contributed by atoms with E-state index in [-0.39, 0.29) is 11.7 Å². The number of halogens is 1. The lowest BCUT2D eigenvalue weighted by molar-refractivity contribution is -0.145. The van der Waals surface area contributed by atoms with Gasteiger partial charge in [0.05, 0.1) is 11.8 Å². The second kappa shape index (κ2) is 5.38. The van der Waals surface area contributed by atoms with Crippen LogP contribution in [0.15, 0.2) is 24.3 Å². The minimum absolute atomic E-state index is 0.212. The number of carbonyl (C=O) groups excluding carboxylic acids is 1. The number of aliphatic carboxylic acids is 1. The van der Waals surface area contributed by atoms with Gasteiger partial charge in [-0.05, 0) is 37.1 Å². The molecule has 0 heterocycles. The molecule has 0 saturated heterocycles. The highest BCUT2D eigenvalue weighted by molar-refractivity contribution is 5.97. The lowest BCUT2D eigenvalue weighted by atomic mass is 9.94. The molecule has 1 saturated carbocycles. The number of rotatable bonds is 3. The molecular weight excluding hydrogens is 249 g/mol. The summed E-state index contributed by atoms with van der Waals surface area (Å²) < 4.78 is 12.8. The molecule has 5 heteroatoms. The van der Waals surface area contributed by atoms with E-state index < -0.39 is 17.8 Å².